The van der Waals surface area contributed by atoms with Gasteiger partial charge in [0.15, 0.2) is 5.96 Å². The summed E-state index contributed by atoms with van der Waals surface area (Å²) in [5, 5.41) is 8.73. The van der Waals surface area contributed by atoms with Gasteiger partial charge in [-0.25, -0.2) is 0 Å². The summed E-state index contributed by atoms with van der Waals surface area (Å²) in [6, 6.07) is 4.27. The van der Waals surface area contributed by atoms with Crippen molar-refractivity contribution in [2.75, 3.05) is 31.6 Å². The minimum absolute atomic E-state index is 0. The highest BCUT2D eigenvalue weighted by atomic mass is 127. The van der Waals surface area contributed by atoms with E-state index in [1.54, 1.807) is 11.3 Å². The van der Waals surface area contributed by atoms with Crippen LogP contribution >= 0.6 is 47.1 Å². The third-order valence-electron chi connectivity index (χ3n) is 2.15. The third-order valence-corrected chi connectivity index (χ3v) is 3.68. The Morgan fingerprint density at radius 2 is 2.28 bits per heavy atom. The van der Waals surface area contributed by atoms with Crippen LogP contribution in [0.4, 0.5) is 0 Å². The smallest absolute Gasteiger partial charge is 0.191 e. The highest BCUT2D eigenvalue weighted by Crippen LogP contribution is 2.07. The highest BCUT2D eigenvalue weighted by molar-refractivity contribution is 14.0. The zero-order valence-corrected chi connectivity index (χ0v) is 14.9. The number of hydrogen-bond donors (Lipinski definition) is 2. The summed E-state index contributed by atoms with van der Waals surface area (Å²) < 4.78 is 0. The van der Waals surface area contributed by atoms with Gasteiger partial charge in [0.2, 0.25) is 0 Å². The standard InChI is InChI=1S/C12H21N3S2.HI/c1-3-13-12(15-8-10-16-2)14-7-6-11-5-4-9-17-11;/h4-5,9H,3,6-8,10H2,1-2H3,(H2,13,14,15);1H. The number of thiophene rings is 1. The van der Waals surface area contributed by atoms with Crippen LogP contribution in [0.5, 0.6) is 0 Å². The maximum atomic E-state index is 4.50. The van der Waals surface area contributed by atoms with Gasteiger partial charge in [-0.15, -0.1) is 35.3 Å². The molecule has 6 heteroatoms. The molecule has 1 aromatic rings. The lowest BCUT2D eigenvalue weighted by Crippen LogP contribution is -2.38. The van der Waals surface area contributed by atoms with E-state index in [1.165, 1.54) is 4.88 Å². The molecule has 0 unspecified atom stereocenters. The molecular weight excluding hydrogens is 377 g/mol. The summed E-state index contributed by atoms with van der Waals surface area (Å²) in [7, 11) is 0. The van der Waals surface area contributed by atoms with Gasteiger partial charge in [-0.05, 0) is 31.0 Å². The van der Waals surface area contributed by atoms with Gasteiger partial charge in [0.1, 0.15) is 0 Å². The number of aliphatic imine (C=N–C) groups is 1. The minimum Gasteiger partial charge on any atom is -0.357 e. The molecule has 104 valence electrons. The van der Waals surface area contributed by atoms with E-state index < -0.39 is 0 Å². The Morgan fingerprint density at radius 1 is 1.44 bits per heavy atom. The molecule has 0 fully saturated rings. The van der Waals surface area contributed by atoms with Crippen LogP contribution in [-0.2, 0) is 6.42 Å². The number of halogens is 1. The summed E-state index contributed by atoms with van der Waals surface area (Å²) >= 11 is 3.63. The van der Waals surface area contributed by atoms with E-state index in [4.69, 9.17) is 0 Å². The zero-order chi connectivity index (χ0) is 12.3. The average molecular weight is 399 g/mol. The Balaban J connectivity index is 0.00000289. The van der Waals surface area contributed by atoms with Crippen molar-refractivity contribution in [2.24, 2.45) is 4.99 Å². The van der Waals surface area contributed by atoms with Crippen molar-refractivity contribution in [3.05, 3.63) is 22.4 Å². The minimum atomic E-state index is 0. The normalized spacial score (nSPS) is 10.9. The highest BCUT2D eigenvalue weighted by Gasteiger charge is 1.97. The molecule has 0 aliphatic rings. The number of thioether (sulfide) groups is 1. The Kier molecular flexibility index (Phi) is 12.1. The van der Waals surface area contributed by atoms with E-state index in [2.05, 4.69) is 46.3 Å². The second kappa shape index (κ2) is 12.1. The van der Waals surface area contributed by atoms with Crippen LogP contribution in [0.1, 0.15) is 11.8 Å². The maximum Gasteiger partial charge on any atom is 0.191 e. The predicted molar refractivity (Wildman–Crippen MR) is 95.8 cm³/mol. The number of rotatable bonds is 7. The first-order valence-corrected chi connectivity index (χ1v) is 8.17. The van der Waals surface area contributed by atoms with Crippen LogP contribution in [-0.4, -0.2) is 37.6 Å². The van der Waals surface area contributed by atoms with E-state index >= 15 is 0 Å². The lowest BCUT2D eigenvalue weighted by Gasteiger charge is -2.10. The average Bonchev–Trinajstić information content (AvgIpc) is 2.82. The van der Waals surface area contributed by atoms with E-state index in [0.29, 0.717) is 0 Å². The van der Waals surface area contributed by atoms with E-state index in [0.717, 1.165) is 37.8 Å². The van der Waals surface area contributed by atoms with E-state index in [-0.39, 0.29) is 24.0 Å². The molecule has 0 atom stereocenters. The second-order valence-electron chi connectivity index (χ2n) is 3.51. The largest absolute Gasteiger partial charge is 0.357 e. The van der Waals surface area contributed by atoms with Gasteiger partial charge in [0, 0.05) is 23.7 Å². The summed E-state index contributed by atoms with van der Waals surface area (Å²) in [4.78, 5) is 5.91. The topological polar surface area (TPSA) is 36.4 Å². The Bertz CT molecular complexity index is 315. The molecule has 0 amide bonds. The SMILES string of the molecule is CCNC(=NCCSC)NCCc1cccs1.I. The number of hydrogen-bond acceptors (Lipinski definition) is 3. The number of nitrogens with one attached hydrogen (secondary N) is 2. The van der Waals surface area contributed by atoms with Crippen LogP contribution in [0.2, 0.25) is 0 Å². The molecule has 0 radical (unpaired) electrons. The molecule has 18 heavy (non-hydrogen) atoms. The van der Waals surface area contributed by atoms with Gasteiger partial charge in [-0.2, -0.15) is 11.8 Å². The summed E-state index contributed by atoms with van der Waals surface area (Å²) in [6.07, 6.45) is 3.16. The van der Waals surface area contributed by atoms with Crippen molar-refractivity contribution >= 4 is 53.0 Å². The van der Waals surface area contributed by atoms with Crippen molar-refractivity contribution in [1.29, 1.82) is 0 Å². The van der Waals surface area contributed by atoms with Gasteiger partial charge in [0.05, 0.1) is 6.54 Å². The molecule has 0 saturated heterocycles. The first-order valence-electron chi connectivity index (χ1n) is 5.90. The van der Waals surface area contributed by atoms with Crippen molar-refractivity contribution < 1.29 is 0 Å². The summed E-state index contributed by atoms with van der Waals surface area (Å²) in [6.45, 7) is 4.80. The lowest BCUT2D eigenvalue weighted by molar-refractivity contribution is 0.809. The quantitative estimate of drug-likeness (QED) is 0.321. The monoisotopic (exact) mass is 399 g/mol. The second-order valence-corrected chi connectivity index (χ2v) is 5.53. The molecule has 1 rings (SSSR count). The van der Waals surface area contributed by atoms with Crippen LogP contribution in [0, 0.1) is 0 Å². The fraction of sp³-hybridized carbons (Fsp3) is 0.583. The van der Waals surface area contributed by atoms with Gasteiger partial charge in [-0.3, -0.25) is 4.99 Å². The van der Waals surface area contributed by atoms with E-state index in [9.17, 15) is 0 Å². The molecule has 1 heterocycles. The molecule has 0 bridgehead atoms. The third kappa shape index (κ3) is 8.20. The van der Waals surface area contributed by atoms with Crippen LogP contribution in [0.25, 0.3) is 0 Å². The number of guanidine groups is 1. The maximum absolute atomic E-state index is 4.50. The van der Waals surface area contributed by atoms with E-state index in [1.807, 2.05) is 11.8 Å². The van der Waals surface area contributed by atoms with Crippen molar-refractivity contribution in [3.8, 4) is 0 Å². The first-order chi connectivity index (χ1) is 8.36. The Morgan fingerprint density at radius 3 is 2.89 bits per heavy atom. The van der Waals surface area contributed by atoms with Crippen LogP contribution < -0.4 is 10.6 Å². The van der Waals surface area contributed by atoms with Gasteiger partial charge in [-0.1, -0.05) is 6.07 Å². The lowest BCUT2D eigenvalue weighted by atomic mass is 10.3. The molecule has 0 saturated carbocycles. The first kappa shape index (κ1) is 18.0. The molecule has 0 aliphatic carbocycles. The molecular formula is C12H22IN3S2. The molecule has 0 spiro atoms. The molecule has 1 aromatic heterocycles. The zero-order valence-electron chi connectivity index (χ0n) is 10.9. The van der Waals surface area contributed by atoms with Gasteiger partial charge >= 0.3 is 0 Å². The van der Waals surface area contributed by atoms with Crippen molar-refractivity contribution in [2.45, 2.75) is 13.3 Å². The summed E-state index contributed by atoms with van der Waals surface area (Å²) in [5.74, 6) is 2.00. The van der Waals surface area contributed by atoms with Crippen molar-refractivity contribution in [3.63, 3.8) is 0 Å². The van der Waals surface area contributed by atoms with Crippen LogP contribution in [0.15, 0.2) is 22.5 Å². The van der Waals surface area contributed by atoms with Crippen LogP contribution in [0.3, 0.4) is 0 Å². The summed E-state index contributed by atoms with van der Waals surface area (Å²) in [5.41, 5.74) is 0. The fourth-order valence-corrected chi connectivity index (χ4v) is 2.33. The Labute approximate surface area is 135 Å². The molecule has 0 aliphatic heterocycles. The van der Waals surface area contributed by atoms with Crippen molar-refractivity contribution in [1.82, 2.24) is 10.6 Å². The Hall–Kier alpha value is 0.0500. The predicted octanol–water partition coefficient (Wildman–Crippen LogP) is 2.83. The number of nitrogens with zero attached hydrogens (tertiary/aromatic N) is 1. The van der Waals surface area contributed by atoms with Gasteiger partial charge in [0.25, 0.3) is 0 Å². The molecule has 3 nitrogen and oxygen atoms in total. The molecule has 0 aromatic carbocycles. The fourth-order valence-electron chi connectivity index (χ4n) is 1.35. The van der Waals surface area contributed by atoms with Gasteiger partial charge < -0.3 is 10.6 Å². The molecule has 2 N–H and O–H groups in total.